The molecule has 0 aliphatic rings. The number of aromatic hydroxyl groups is 2. The van der Waals surface area contributed by atoms with Gasteiger partial charge in [0.2, 0.25) is 0 Å². The van der Waals surface area contributed by atoms with Crippen molar-refractivity contribution in [3.05, 3.63) is 22.7 Å². The van der Waals surface area contributed by atoms with Gasteiger partial charge >= 0.3 is 0 Å². The maximum absolute atomic E-state index is 9.00. The van der Waals surface area contributed by atoms with Crippen LogP contribution < -0.4 is 0 Å². The molecule has 0 unspecified atom stereocenters. The fourth-order valence-corrected chi connectivity index (χ4v) is 0.799. The fraction of sp³-hybridized carbons (Fsp3) is 0. The molecule has 0 saturated carbocycles. The molecule has 0 spiro atoms. The molecule has 0 fully saturated rings. The molecule has 4 heteroatoms. The summed E-state index contributed by atoms with van der Waals surface area (Å²) in [7, 11) is 0. The number of hydrogen-bond acceptors (Lipinski definition) is 3. The molecular weight excluding hydrogens is 166 g/mol. The highest BCUT2D eigenvalue weighted by Crippen LogP contribution is 2.29. The van der Waals surface area contributed by atoms with E-state index >= 15 is 0 Å². The maximum Gasteiger partial charge on any atom is 0.135 e. The van der Waals surface area contributed by atoms with Gasteiger partial charge in [-0.2, -0.15) is 5.26 Å². The maximum atomic E-state index is 9.00. The first kappa shape index (κ1) is 7.70. The van der Waals surface area contributed by atoms with E-state index < -0.39 is 0 Å². The summed E-state index contributed by atoms with van der Waals surface area (Å²) in [5.74, 6) is -0.434. The predicted molar refractivity (Wildman–Crippen MR) is 39.5 cm³/mol. The van der Waals surface area contributed by atoms with Crippen LogP contribution in [0.25, 0.3) is 0 Å². The lowest BCUT2D eigenvalue weighted by atomic mass is 10.2. The Morgan fingerprint density at radius 1 is 1.27 bits per heavy atom. The summed E-state index contributed by atoms with van der Waals surface area (Å²) >= 11 is 5.42. The standard InChI is InChI=1S/C7H4ClNO2/c8-5-2-6(10)4(3-9)1-7(5)11/h1-2,10-11H. The van der Waals surface area contributed by atoms with E-state index in [-0.39, 0.29) is 22.1 Å². The molecule has 0 saturated heterocycles. The molecule has 1 rings (SSSR count). The third-order valence-electron chi connectivity index (χ3n) is 1.19. The third-order valence-corrected chi connectivity index (χ3v) is 1.49. The van der Waals surface area contributed by atoms with Crippen LogP contribution in [0.1, 0.15) is 5.56 Å². The van der Waals surface area contributed by atoms with E-state index in [0.717, 1.165) is 12.1 Å². The van der Waals surface area contributed by atoms with Crippen LogP contribution in [0.15, 0.2) is 12.1 Å². The van der Waals surface area contributed by atoms with Crippen LogP contribution in [0.2, 0.25) is 5.02 Å². The Bertz CT molecular complexity index is 330. The monoisotopic (exact) mass is 169 g/mol. The van der Waals surface area contributed by atoms with E-state index in [1.54, 1.807) is 6.07 Å². The fourth-order valence-electron chi connectivity index (χ4n) is 0.641. The molecule has 0 aliphatic carbocycles. The number of phenolic OH excluding ortho intramolecular Hbond substituents is 2. The lowest BCUT2D eigenvalue weighted by Gasteiger charge is -1.98. The highest BCUT2D eigenvalue weighted by molar-refractivity contribution is 6.32. The van der Waals surface area contributed by atoms with Crippen molar-refractivity contribution >= 4 is 11.6 Å². The van der Waals surface area contributed by atoms with Crippen molar-refractivity contribution in [1.82, 2.24) is 0 Å². The molecule has 0 radical (unpaired) electrons. The number of halogens is 1. The lowest BCUT2D eigenvalue weighted by molar-refractivity contribution is 0.459. The SMILES string of the molecule is N#Cc1cc(O)c(Cl)cc1O. The summed E-state index contributed by atoms with van der Waals surface area (Å²) in [5.41, 5.74) is 0.00639. The highest BCUT2D eigenvalue weighted by Gasteiger charge is 2.05. The Labute approximate surface area is 68.1 Å². The normalized spacial score (nSPS) is 9.09. The van der Waals surface area contributed by atoms with Gasteiger partial charge in [0.05, 0.1) is 10.6 Å². The number of nitriles is 1. The minimum absolute atomic E-state index is 0.00639. The van der Waals surface area contributed by atoms with E-state index in [4.69, 9.17) is 27.1 Å². The van der Waals surface area contributed by atoms with Gasteiger partial charge in [0.1, 0.15) is 17.6 Å². The molecule has 0 heterocycles. The molecule has 0 aromatic heterocycles. The van der Waals surface area contributed by atoms with Crippen molar-refractivity contribution in [2.45, 2.75) is 0 Å². The second-order valence-electron chi connectivity index (χ2n) is 1.93. The van der Waals surface area contributed by atoms with Gasteiger partial charge in [-0.05, 0) is 0 Å². The molecule has 0 aliphatic heterocycles. The van der Waals surface area contributed by atoms with Gasteiger partial charge in [-0.3, -0.25) is 0 Å². The average molecular weight is 170 g/mol. The molecule has 0 amide bonds. The van der Waals surface area contributed by atoms with Gasteiger partial charge < -0.3 is 10.2 Å². The van der Waals surface area contributed by atoms with Crippen molar-refractivity contribution < 1.29 is 10.2 Å². The second kappa shape index (κ2) is 2.69. The second-order valence-corrected chi connectivity index (χ2v) is 2.34. The van der Waals surface area contributed by atoms with Crippen LogP contribution in [0.4, 0.5) is 0 Å². The predicted octanol–water partition coefficient (Wildman–Crippen LogP) is 1.62. The molecule has 0 bridgehead atoms. The van der Waals surface area contributed by atoms with E-state index in [0.29, 0.717) is 0 Å². The van der Waals surface area contributed by atoms with Gasteiger partial charge in [0.15, 0.2) is 0 Å². The summed E-state index contributed by atoms with van der Waals surface area (Å²) in [6.07, 6.45) is 0. The van der Waals surface area contributed by atoms with Gasteiger partial charge in [-0.25, -0.2) is 0 Å². The van der Waals surface area contributed by atoms with Crippen LogP contribution in [0.3, 0.4) is 0 Å². The number of phenols is 2. The van der Waals surface area contributed by atoms with Crippen LogP contribution in [-0.4, -0.2) is 10.2 Å². The summed E-state index contributed by atoms with van der Waals surface area (Å²) in [4.78, 5) is 0. The number of benzene rings is 1. The van der Waals surface area contributed by atoms with Crippen LogP contribution in [0.5, 0.6) is 11.5 Å². The van der Waals surface area contributed by atoms with E-state index in [1.165, 1.54) is 0 Å². The molecule has 11 heavy (non-hydrogen) atoms. The lowest BCUT2D eigenvalue weighted by Crippen LogP contribution is -1.76. The molecule has 1 aromatic rings. The summed E-state index contributed by atoms with van der Waals surface area (Å²) < 4.78 is 0. The van der Waals surface area contributed by atoms with E-state index in [9.17, 15) is 0 Å². The zero-order chi connectivity index (χ0) is 8.43. The highest BCUT2D eigenvalue weighted by atomic mass is 35.5. The molecule has 2 N–H and O–H groups in total. The van der Waals surface area contributed by atoms with Crippen molar-refractivity contribution in [2.24, 2.45) is 0 Å². The minimum Gasteiger partial charge on any atom is -0.507 e. The van der Waals surface area contributed by atoms with Gasteiger partial charge in [-0.1, -0.05) is 11.6 Å². The van der Waals surface area contributed by atoms with Crippen LogP contribution in [-0.2, 0) is 0 Å². The van der Waals surface area contributed by atoms with Crippen molar-refractivity contribution in [2.75, 3.05) is 0 Å². The molecule has 3 nitrogen and oxygen atoms in total. The first-order chi connectivity index (χ1) is 5.15. The number of nitrogens with zero attached hydrogens (tertiary/aromatic N) is 1. The van der Waals surface area contributed by atoms with E-state index in [1.807, 2.05) is 0 Å². The molecule has 1 aromatic carbocycles. The first-order valence-corrected chi connectivity index (χ1v) is 3.14. The van der Waals surface area contributed by atoms with Crippen molar-refractivity contribution in [3.63, 3.8) is 0 Å². The van der Waals surface area contributed by atoms with Crippen molar-refractivity contribution in [3.8, 4) is 17.6 Å². The zero-order valence-electron chi connectivity index (χ0n) is 5.37. The largest absolute Gasteiger partial charge is 0.507 e. The summed E-state index contributed by atoms with van der Waals surface area (Å²) in [6, 6.07) is 3.92. The minimum atomic E-state index is -0.227. The van der Waals surface area contributed by atoms with Crippen LogP contribution >= 0.6 is 11.6 Å². The summed E-state index contributed by atoms with van der Waals surface area (Å²) in [5, 5.41) is 26.4. The average Bonchev–Trinajstić information content (AvgIpc) is 1.97. The Hall–Kier alpha value is -1.40. The van der Waals surface area contributed by atoms with Gasteiger partial charge in [-0.15, -0.1) is 0 Å². The molecular formula is C7H4ClNO2. The molecule has 56 valence electrons. The topological polar surface area (TPSA) is 64.2 Å². The number of rotatable bonds is 0. The smallest absolute Gasteiger partial charge is 0.135 e. The number of hydrogen-bond donors (Lipinski definition) is 2. The zero-order valence-corrected chi connectivity index (χ0v) is 6.13. The van der Waals surface area contributed by atoms with Gasteiger partial charge in [0.25, 0.3) is 0 Å². The Morgan fingerprint density at radius 2 is 1.91 bits per heavy atom. The van der Waals surface area contributed by atoms with Crippen molar-refractivity contribution in [1.29, 1.82) is 5.26 Å². The first-order valence-electron chi connectivity index (χ1n) is 2.76. The van der Waals surface area contributed by atoms with Crippen LogP contribution in [0, 0.1) is 11.3 Å². The third kappa shape index (κ3) is 1.36. The van der Waals surface area contributed by atoms with Gasteiger partial charge in [0, 0.05) is 12.1 Å². The Kier molecular flexibility index (Phi) is 1.88. The quantitative estimate of drug-likeness (QED) is 0.580. The molecule has 0 atom stereocenters. The Balaban J connectivity index is 3.35. The Morgan fingerprint density at radius 3 is 2.45 bits per heavy atom. The van der Waals surface area contributed by atoms with E-state index in [2.05, 4.69) is 0 Å². The summed E-state index contributed by atoms with van der Waals surface area (Å²) in [6.45, 7) is 0.